The molecule has 18 heavy (non-hydrogen) atoms. The third-order valence-electron chi connectivity index (χ3n) is 2.65. The SMILES string of the molecule is CCNC(c1ccc(Cl)cn1)c1cnccc1N. The van der Waals surface area contributed by atoms with Gasteiger partial charge in [-0.3, -0.25) is 9.97 Å². The lowest BCUT2D eigenvalue weighted by Gasteiger charge is -2.19. The van der Waals surface area contributed by atoms with Crippen molar-refractivity contribution in [1.82, 2.24) is 15.3 Å². The molecule has 0 fully saturated rings. The largest absolute Gasteiger partial charge is 0.398 e. The normalized spacial score (nSPS) is 12.3. The summed E-state index contributed by atoms with van der Waals surface area (Å²) < 4.78 is 0. The van der Waals surface area contributed by atoms with Gasteiger partial charge in [0.15, 0.2) is 0 Å². The van der Waals surface area contributed by atoms with E-state index in [0.717, 1.165) is 17.8 Å². The van der Waals surface area contributed by atoms with Gasteiger partial charge in [0.25, 0.3) is 0 Å². The first-order valence-electron chi connectivity index (χ1n) is 5.76. The topological polar surface area (TPSA) is 63.8 Å². The molecule has 0 radical (unpaired) electrons. The van der Waals surface area contributed by atoms with Crippen LogP contribution in [-0.2, 0) is 0 Å². The second-order valence-electron chi connectivity index (χ2n) is 3.90. The number of nitrogens with zero attached hydrogens (tertiary/aromatic N) is 2. The minimum atomic E-state index is -0.0685. The van der Waals surface area contributed by atoms with Crippen LogP contribution in [0.25, 0.3) is 0 Å². The fourth-order valence-corrected chi connectivity index (χ4v) is 1.91. The highest BCUT2D eigenvalue weighted by Crippen LogP contribution is 2.25. The monoisotopic (exact) mass is 262 g/mol. The molecule has 94 valence electrons. The number of pyridine rings is 2. The molecule has 2 aromatic heterocycles. The first kappa shape index (κ1) is 12.8. The van der Waals surface area contributed by atoms with Crippen LogP contribution in [0.4, 0.5) is 5.69 Å². The van der Waals surface area contributed by atoms with Gasteiger partial charge in [-0.15, -0.1) is 0 Å². The summed E-state index contributed by atoms with van der Waals surface area (Å²) in [5.41, 5.74) is 8.49. The van der Waals surface area contributed by atoms with Gasteiger partial charge in [-0.2, -0.15) is 0 Å². The van der Waals surface area contributed by atoms with Gasteiger partial charge in [0.1, 0.15) is 0 Å². The van der Waals surface area contributed by atoms with Crippen molar-refractivity contribution in [2.24, 2.45) is 0 Å². The Morgan fingerprint density at radius 1 is 1.33 bits per heavy atom. The number of nitrogens with two attached hydrogens (primary N) is 1. The van der Waals surface area contributed by atoms with Gasteiger partial charge >= 0.3 is 0 Å². The van der Waals surface area contributed by atoms with Gasteiger partial charge in [-0.1, -0.05) is 18.5 Å². The number of nitrogens with one attached hydrogen (secondary N) is 1. The summed E-state index contributed by atoms with van der Waals surface area (Å²) in [6.45, 7) is 2.85. The van der Waals surface area contributed by atoms with E-state index in [9.17, 15) is 0 Å². The van der Waals surface area contributed by atoms with E-state index < -0.39 is 0 Å². The van der Waals surface area contributed by atoms with E-state index in [2.05, 4.69) is 15.3 Å². The molecule has 1 unspecified atom stereocenters. The molecule has 4 nitrogen and oxygen atoms in total. The maximum atomic E-state index is 5.99. The molecule has 5 heteroatoms. The molecular weight excluding hydrogens is 248 g/mol. The van der Waals surface area contributed by atoms with Crippen molar-refractivity contribution in [3.8, 4) is 0 Å². The van der Waals surface area contributed by atoms with Gasteiger partial charge in [0.05, 0.1) is 16.8 Å². The second-order valence-corrected chi connectivity index (χ2v) is 4.33. The van der Waals surface area contributed by atoms with Crippen LogP contribution >= 0.6 is 11.6 Å². The van der Waals surface area contributed by atoms with E-state index in [1.807, 2.05) is 19.1 Å². The zero-order valence-corrected chi connectivity index (χ0v) is 10.9. The van der Waals surface area contributed by atoms with Gasteiger partial charge < -0.3 is 11.1 Å². The van der Waals surface area contributed by atoms with E-state index in [-0.39, 0.29) is 6.04 Å². The maximum absolute atomic E-state index is 5.99. The van der Waals surface area contributed by atoms with E-state index in [1.165, 1.54) is 0 Å². The maximum Gasteiger partial charge on any atom is 0.0786 e. The van der Waals surface area contributed by atoms with Crippen LogP contribution in [0.15, 0.2) is 36.8 Å². The third kappa shape index (κ3) is 2.78. The first-order chi connectivity index (χ1) is 8.72. The Bertz CT molecular complexity index is 513. The Labute approximate surface area is 111 Å². The molecular formula is C13H15ClN4. The first-order valence-corrected chi connectivity index (χ1v) is 6.14. The zero-order valence-electron chi connectivity index (χ0n) is 10.1. The Kier molecular flexibility index (Phi) is 4.12. The van der Waals surface area contributed by atoms with Crippen molar-refractivity contribution in [3.05, 3.63) is 53.1 Å². The third-order valence-corrected chi connectivity index (χ3v) is 2.88. The molecule has 2 aromatic rings. The fraction of sp³-hybridized carbons (Fsp3) is 0.231. The molecule has 0 aromatic carbocycles. The lowest BCUT2D eigenvalue weighted by molar-refractivity contribution is 0.615. The second kappa shape index (κ2) is 5.80. The predicted octanol–water partition coefficient (Wildman–Crippen LogP) is 2.41. The molecule has 0 aliphatic carbocycles. The summed E-state index contributed by atoms with van der Waals surface area (Å²) in [5.74, 6) is 0. The quantitative estimate of drug-likeness (QED) is 0.888. The lowest BCUT2D eigenvalue weighted by Crippen LogP contribution is -2.24. The molecule has 0 spiro atoms. The standard InChI is InChI=1S/C13H15ClN4/c1-2-17-13(10-8-16-6-5-11(10)15)12-4-3-9(14)7-18-12/h3-8,13,17H,2H2,1H3,(H2,15,16). The van der Waals surface area contributed by atoms with Gasteiger partial charge in [-0.05, 0) is 24.7 Å². The van der Waals surface area contributed by atoms with Gasteiger partial charge in [0, 0.05) is 29.8 Å². The fourth-order valence-electron chi connectivity index (χ4n) is 1.79. The summed E-state index contributed by atoms with van der Waals surface area (Å²) in [4.78, 5) is 8.45. The predicted molar refractivity (Wildman–Crippen MR) is 73.4 cm³/mol. The highest BCUT2D eigenvalue weighted by atomic mass is 35.5. The number of nitrogen functional groups attached to an aromatic ring is 1. The minimum absolute atomic E-state index is 0.0685. The van der Waals surface area contributed by atoms with Crippen LogP contribution < -0.4 is 11.1 Å². The molecule has 0 saturated carbocycles. The molecule has 3 N–H and O–H groups in total. The van der Waals surface area contributed by atoms with Crippen molar-refractivity contribution in [1.29, 1.82) is 0 Å². The minimum Gasteiger partial charge on any atom is -0.398 e. The molecule has 2 rings (SSSR count). The molecule has 0 aliphatic rings. The highest BCUT2D eigenvalue weighted by Gasteiger charge is 2.16. The van der Waals surface area contributed by atoms with Crippen molar-refractivity contribution < 1.29 is 0 Å². The highest BCUT2D eigenvalue weighted by molar-refractivity contribution is 6.30. The van der Waals surface area contributed by atoms with Crippen molar-refractivity contribution >= 4 is 17.3 Å². The lowest BCUT2D eigenvalue weighted by atomic mass is 10.0. The van der Waals surface area contributed by atoms with Gasteiger partial charge in [0.2, 0.25) is 0 Å². The van der Waals surface area contributed by atoms with Crippen molar-refractivity contribution in [3.63, 3.8) is 0 Å². The summed E-state index contributed by atoms with van der Waals surface area (Å²) >= 11 is 5.85. The number of aromatic nitrogens is 2. The average molecular weight is 263 g/mol. The van der Waals surface area contributed by atoms with E-state index >= 15 is 0 Å². The molecule has 0 saturated heterocycles. The van der Waals surface area contributed by atoms with Gasteiger partial charge in [-0.25, -0.2) is 0 Å². The van der Waals surface area contributed by atoms with Crippen LogP contribution in [0.2, 0.25) is 5.02 Å². The Hall–Kier alpha value is -1.65. The van der Waals surface area contributed by atoms with Crippen LogP contribution in [-0.4, -0.2) is 16.5 Å². The van der Waals surface area contributed by atoms with Crippen molar-refractivity contribution in [2.75, 3.05) is 12.3 Å². The van der Waals surface area contributed by atoms with Crippen LogP contribution in [0.1, 0.15) is 24.2 Å². The van der Waals surface area contributed by atoms with E-state index in [0.29, 0.717) is 10.7 Å². The van der Waals surface area contributed by atoms with Crippen LogP contribution in [0.3, 0.4) is 0 Å². The number of anilines is 1. The van der Waals surface area contributed by atoms with E-state index in [4.69, 9.17) is 17.3 Å². The zero-order chi connectivity index (χ0) is 13.0. The van der Waals surface area contributed by atoms with E-state index in [1.54, 1.807) is 24.7 Å². The smallest absolute Gasteiger partial charge is 0.0786 e. The average Bonchev–Trinajstić information content (AvgIpc) is 2.38. The summed E-state index contributed by atoms with van der Waals surface area (Å²) in [5, 5.41) is 3.97. The summed E-state index contributed by atoms with van der Waals surface area (Å²) in [6.07, 6.45) is 5.07. The number of rotatable bonds is 4. The Morgan fingerprint density at radius 3 is 2.78 bits per heavy atom. The molecule has 0 aliphatic heterocycles. The van der Waals surface area contributed by atoms with Crippen LogP contribution in [0, 0.1) is 0 Å². The Balaban J connectivity index is 2.40. The molecule has 0 bridgehead atoms. The molecule has 2 heterocycles. The molecule has 0 amide bonds. The van der Waals surface area contributed by atoms with Crippen molar-refractivity contribution in [2.45, 2.75) is 13.0 Å². The number of halogens is 1. The Morgan fingerprint density at radius 2 is 2.17 bits per heavy atom. The number of hydrogen-bond acceptors (Lipinski definition) is 4. The summed E-state index contributed by atoms with van der Waals surface area (Å²) in [7, 11) is 0. The van der Waals surface area contributed by atoms with Crippen LogP contribution in [0.5, 0.6) is 0 Å². The molecule has 1 atom stereocenters. The number of hydrogen-bond donors (Lipinski definition) is 2. The summed E-state index contributed by atoms with van der Waals surface area (Å²) in [6, 6.07) is 5.43.